The van der Waals surface area contributed by atoms with Crippen LogP contribution in [0.1, 0.15) is 25.8 Å². The highest BCUT2D eigenvalue weighted by Gasteiger charge is 2.16. The van der Waals surface area contributed by atoms with Gasteiger partial charge in [0.05, 0.1) is 11.9 Å². The van der Waals surface area contributed by atoms with Gasteiger partial charge >= 0.3 is 0 Å². The quantitative estimate of drug-likeness (QED) is 0.809. The Balaban J connectivity index is 2.64. The van der Waals surface area contributed by atoms with Crippen molar-refractivity contribution in [3.05, 3.63) is 34.6 Å². The molecule has 0 aliphatic rings. The van der Waals surface area contributed by atoms with Gasteiger partial charge in [0.2, 0.25) is 10.0 Å². The third kappa shape index (κ3) is 6.17. The molecule has 0 bridgehead atoms. The minimum atomic E-state index is -3.64. The van der Waals surface area contributed by atoms with Crippen LogP contribution >= 0.6 is 11.6 Å². The molecule has 0 amide bonds. The summed E-state index contributed by atoms with van der Waals surface area (Å²) in [5.41, 5.74) is 0.0354. The molecular weight excluding hydrogens is 305 g/mol. The summed E-state index contributed by atoms with van der Waals surface area (Å²) in [6.07, 6.45) is 0.00787. The summed E-state index contributed by atoms with van der Waals surface area (Å²) in [6.45, 7) is 3.68. The SMILES string of the molecule is CC(O)CC(C)CNS(=O)(=O)Cc1cc(Cl)ccc1F. The Labute approximate surface area is 124 Å². The van der Waals surface area contributed by atoms with Crippen LogP contribution in [0.4, 0.5) is 4.39 Å². The van der Waals surface area contributed by atoms with Crippen molar-refractivity contribution in [3.8, 4) is 0 Å². The van der Waals surface area contributed by atoms with Gasteiger partial charge in [-0.3, -0.25) is 0 Å². The molecule has 0 saturated carbocycles. The number of nitrogens with one attached hydrogen (secondary N) is 1. The van der Waals surface area contributed by atoms with Gasteiger partial charge in [-0.25, -0.2) is 17.5 Å². The monoisotopic (exact) mass is 323 g/mol. The second-order valence-corrected chi connectivity index (χ2v) is 7.28. The molecule has 0 aromatic heterocycles. The Kier molecular flexibility index (Phi) is 6.39. The van der Waals surface area contributed by atoms with Gasteiger partial charge in [-0.2, -0.15) is 0 Å². The largest absolute Gasteiger partial charge is 0.393 e. The van der Waals surface area contributed by atoms with Gasteiger partial charge in [-0.05, 0) is 37.5 Å². The molecule has 0 radical (unpaired) electrons. The highest BCUT2D eigenvalue weighted by Crippen LogP contribution is 2.17. The van der Waals surface area contributed by atoms with Gasteiger partial charge in [-0.1, -0.05) is 18.5 Å². The van der Waals surface area contributed by atoms with E-state index in [1.165, 1.54) is 12.1 Å². The Morgan fingerprint density at radius 2 is 2.05 bits per heavy atom. The van der Waals surface area contributed by atoms with Crippen molar-refractivity contribution in [3.63, 3.8) is 0 Å². The van der Waals surface area contributed by atoms with Crippen molar-refractivity contribution in [2.24, 2.45) is 5.92 Å². The van der Waals surface area contributed by atoms with Crippen molar-refractivity contribution in [1.82, 2.24) is 4.72 Å². The van der Waals surface area contributed by atoms with Crippen LogP contribution in [0.3, 0.4) is 0 Å². The fourth-order valence-electron chi connectivity index (χ4n) is 1.84. The number of hydrogen-bond donors (Lipinski definition) is 2. The minimum absolute atomic E-state index is 0.00557. The molecule has 2 N–H and O–H groups in total. The normalized spacial score (nSPS) is 15.1. The molecule has 1 aromatic rings. The first-order valence-electron chi connectivity index (χ1n) is 6.29. The van der Waals surface area contributed by atoms with Crippen LogP contribution in [0, 0.1) is 11.7 Å². The van der Waals surface area contributed by atoms with Crippen LogP contribution in [-0.2, 0) is 15.8 Å². The number of hydrogen-bond acceptors (Lipinski definition) is 3. The van der Waals surface area contributed by atoms with Crippen molar-refractivity contribution >= 4 is 21.6 Å². The highest BCUT2D eigenvalue weighted by molar-refractivity contribution is 7.88. The zero-order chi connectivity index (χ0) is 15.3. The van der Waals surface area contributed by atoms with E-state index in [0.717, 1.165) is 6.07 Å². The second-order valence-electron chi connectivity index (χ2n) is 5.03. The van der Waals surface area contributed by atoms with Crippen molar-refractivity contribution in [2.75, 3.05) is 6.54 Å². The van der Waals surface area contributed by atoms with E-state index in [9.17, 15) is 17.9 Å². The topological polar surface area (TPSA) is 66.4 Å². The maximum Gasteiger partial charge on any atom is 0.215 e. The predicted octanol–water partition coefficient (Wildman–Crippen LogP) is 2.31. The number of rotatable bonds is 7. The average Bonchev–Trinajstić information content (AvgIpc) is 2.30. The Bertz CT molecular complexity index is 549. The lowest BCUT2D eigenvalue weighted by Crippen LogP contribution is -2.30. The molecule has 114 valence electrons. The lowest BCUT2D eigenvalue weighted by atomic mass is 10.1. The standard InChI is InChI=1S/C13H19ClFNO3S/c1-9(5-10(2)17)7-16-20(18,19)8-11-6-12(14)3-4-13(11)15/h3-4,6,9-10,16-17H,5,7-8H2,1-2H3. The first kappa shape index (κ1) is 17.4. The average molecular weight is 324 g/mol. The Morgan fingerprint density at radius 1 is 1.40 bits per heavy atom. The number of aliphatic hydroxyl groups is 1. The molecule has 0 fully saturated rings. The summed E-state index contributed by atoms with van der Waals surface area (Å²) in [4.78, 5) is 0. The van der Waals surface area contributed by atoms with E-state index in [1.54, 1.807) is 6.92 Å². The maximum absolute atomic E-state index is 13.5. The molecule has 1 rings (SSSR count). The Hall–Kier alpha value is -0.690. The number of aliphatic hydroxyl groups excluding tert-OH is 1. The summed E-state index contributed by atoms with van der Waals surface area (Å²) >= 11 is 5.72. The molecule has 0 aliphatic heterocycles. The molecule has 0 aliphatic carbocycles. The van der Waals surface area contributed by atoms with Crippen molar-refractivity contribution in [1.29, 1.82) is 0 Å². The van der Waals surface area contributed by atoms with E-state index < -0.39 is 27.7 Å². The van der Waals surface area contributed by atoms with Gasteiger partial charge in [0, 0.05) is 17.1 Å². The minimum Gasteiger partial charge on any atom is -0.393 e. The molecule has 1 aromatic carbocycles. The number of sulfonamides is 1. The van der Waals surface area contributed by atoms with Crippen LogP contribution in [0.2, 0.25) is 5.02 Å². The van der Waals surface area contributed by atoms with Crippen LogP contribution < -0.4 is 4.72 Å². The first-order valence-corrected chi connectivity index (χ1v) is 8.32. The summed E-state index contributed by atoms with van der Waals surface area (Å²) in [6, 6.07) is 3.81. The lowest BCUT2D eigenvalue weighted by molar-refractivity contribution is 0.165. The van der Waals surface area contributed by atoms with Gasteiger partial charge < -0.3 is 5.11 Å². The molecule has 0 heterocycles. The van der Waals surface area contributed by atoms with Gasteiger partial charge in [-0.15, -0.1) is 0 Å². The zero-order valence-corrected chi connectivity index (χ0v) is 13.0. The van der Waals surface area contributed by atoms with Gasteiger partial charge in [0.15, 0.2) is 0 Å². The summed E-state index contributed by atoms with van der Waals surface area (Å²) in [7, 11) is -3.64. The van der Waals surface area contributed by atoms with E-state index in [1.807, 2.05) is 6.92 Å². The highest BCUT2D eigenvalue weighted by atomic mass is 35.5. The molecule has 7 heteroatoms. The zero-order valence-electron chi connectivity index (χ0n) is 11.4. The lowest BCUT2D eigenvalue weighted by Gasteiger charge is -2.14. The van der Waals surface area contributed by atoms with Gasteiger partial charge in [0.1, 0.15) is 5.82 Å². The molecular formula is C13H19ClFNO3S. The number of benzene rings is 1. The molecule has 20 heavy (non-hydrogen) atoms. The fourth-order valence-corrected chi connectivity index (χ4v) is 3.31. The summed E-state index contributed by atoms with van der Waals surface area (Å²) in [5.74, 6) is -1.06. The van der Waals surface area contributed by atoms with E-state index in [4.69, 9.17) is 11.6 Å². The van der Waals surface area contributed by atoms with E-state index in [0.29, 0.717) is 11.4 Å². The molecule has 0 saturated heterocycles. The fraction of sp³-hybridized carbons (Fsp3) is 0.538. The maximum atomic E-state index is 13.5. The second kappa shape index (κ2) is 7.36. The molecule has 2 unspecified atom stereocenters. The van der Waals surface area contributed by atoms with Crippen LogP contribution in [-0.4, -0.2) is 26.2 Å². The summed E-state index contributed by atoms with van der Waals surface area (Å²) < 4.78 is 39.6. The molecule has 2 atom stereocenters. The van der Waals surface area contributed by atoms with Gasteiger partial charge in [0.25, 0.3) is 0 Å². The molecule has 4 nitrogen and oxygen atoms in total. The Morgan fingerprint density at radius 3 is 2.65 bits per heavy atom. The summed E-state index contributed by atoms with van der Waals surface area (Å²) in [5, 5.41) is 9.50. The first-order chi connectivity index (χ1) is 9.19. The third-order valence-electron chi connectivity index (χ3n) is 2.75. The smallest absolute Gasteiger partial charge is 0.215 e. The van der Waals surface area contributed by atoms with Crippen LogP contribution in [0.5, 0.6) is 0 Å². The third-order valence-corrected chi connectivity index (χ3v) is 4.28. The van der Waals surface area contributed by atoms with E-state index >= 15 is 0 Å². The number of halogens is 2. The van der Waals surface area contributed by atoms with Crippen molar-refractivity contribution in [2.45, 2.75) is 32.1 Å². The van der Waals surface area contributed by atoms with E-state index in [-0.39, 0.29) is 18.0 Å². The van der Waals surface area contributed by atoms with Crippen LogP contribution in [0.25, 0.3) is 0 Å². The molecule has 0 spiro atoms. The predicted molar refractivity (Wildman–Crippen MR) is 77.5 cm³/mol. The van der Waals surface area contributed by atoms with Crippen LogP contribution in [0.15, 0.2) is 18.2 Å². The van der Waals surface area contributed by atoms with E-state index in [2.05, 4.69) is 4.72 Å². The van der Waals surface area contributed by atoms with Crippen molar-refractivity contribution < 1.29 is 17.9 Å².